The van der Waals surface area contributed by atoms with Gasteiger partial charge in [0, 0.05) is 32.6 Å². The molecule has 1 aliphatic rings. The first kappa shape index (κ1) is 20.2. The third kappa shape index (κ3) is 4.94. The van der Waals surface area contributed by atoms with Gasteiger partial charge in [0.15, 0.2) is 0 Å². The molecule has 11 heteroatoms. The van der Waals surface area contributed by atoms with Crippen molar-refractivity contribution in [3.63, 3.8) is 0 Å². The Morgan fingerprint density at radius 3 is 2.04 bits per heavy atom. The summed E-state index contributed by atoms with van der Waals surface area (Å²) in [7, 11) is -3.87. The third-order valence-electron chi connectivity index (χ3n) is 3.95. The van der Waals surface area contributed by atoms with Crippen molar-refractivity contribution in [1.82, 2.24) is 9.21 Å². The lowest BCUT2D eigenvalue weighted by Crippen LogP contribution is -2.50. The monoisotopic (exact) mass is 394 g/mol. The Labute approximate surface area is 148 Å². The SMILES string of the molecule is O=C(O)c1ccc(S(=O)(=O)N2CCN(C(=O)CCC(F)(F)F)CC2)cc1. The van der Waals surface area contributed by atoms with Gasteiger partial charge in [0.2, 0.25) is 15.9 Å². The standard InChI is InChI=1S/C15H17F3N2O5S/c16-15(17,18)6-5-13(21)19-7-9-20(10-8-19)26(24,25)12-3-1-11(2-4-12)14(22)23/h1-4H,5-10H2,(H,22,23). The van der Waals surface area contributed by atoms with Gasteiger partial charge in [-0.25, -0.2) is 13.2 Å². The van der Waals surface area contributed by atoms with Crippen LogP contribution in [0.4, 0.5) is 13.2 Å². The van der Waals surface area contributed by atoms with Crippen molar-refractivity contribution in [2.24, 2.45) is 0 Å². The smallest absolute Gasteiger partial charge is 0.389 e. The second kappa shape index (κ2) is 7.62. The van der Waals surface area contributed by atoms with Crippen LogP contribution in [0.3, 0.4) is 0 Å². The number of halogens is 3. The molecule has 0 aromatic heterocycles. The van der Waals surface area contributed by atoms with E-state index < -0.39 is 40.9 Å². The fraction of sp³-hybridized carbons (Fsp3) is 0.467. The van der Waals surface area contributed by atoms with Crippen LogP contribution in [0.2, 0.25) is 0 Å². The number of carboxylic acids is 1. The van der Waals surface area contributed by atoms with Crippen LogP contribution in [-0.4, -0.2) is 67.0 Å². The predicted molar refractivity (Wildman–Crippen MR) is 84.0 cm³/mol. The average molecular weight is 394 g/mol. The highest BCUT2D eigenvalue weighted by atomic mass is 32.2. The topological polar surface area (TPSA) is 95.0 Å². The summed E-state index contributed by atoms with van der Waals surface area (Å²) in [6.45, 7) is -0.0756. The second-order valence-electron chi connectivity index (χ2n) is 5.73. The van der Waals surface area contributed by atoms with Crippen LogP contribution in [0, 0.1) is 0 Å². The van der Waals surface area contributed by atoms with E-state index in [1.165, 1.54) is 29.2 Å². The molecule has 0 aliphatic carbocycles. The molecule has 2 rings (SSSR count). The van der Waals surface area contributed by atoms with Gasteiger partial charge in [0.25, 0.3) is 0 Å². The fourth-order valence-electron chi connectivity index (χ4n) is 2.50. The largest absolute Gasteiger partial charge is 0.478 e. The van der Waals surface area contributed by atoms with Crippen LogP contribution in [0.5, 0.6) is 0 Å². The normalized spacial score (nSPS) is 16.5. The van der Waals surface area contributed by atoms with Crippen LogP contribution in [0.25, 0.3) is 0 Å². The molecule has 0 spiro atoms. The molecule has 1 aromatic rings. The zero-order valence-electron chi connectivity index (χ0n) is 13.6. The maximum Gasteiger partial charge on any atom is 0.389 e. The highest BCUT2D eigenvalue weighted by Gasteiger charge is 2.32. The van der Waals surface area contributed by atoms with Crippen LogP contribution >= 0.6 is 0 Å². The number of rotatable bonds is 5. The Bertz CT molecular complexity index is 769. The van der Waals surface area contributed by atoms with E-state index in [1.54, 1.807) is 0 Å². The summed E-state index contributed by atoms with van der Waals surface area (Å²) in [6.07, 6.45) is -6.28. The zero-order valence-corrected chi connectivity index (χ0v) is 14.4. The Balaban J connectivity index is 1.97. The predicted octanol–water partition coefficient (Wildman–Crippen LogP) is 1.56. The first-order valence-electron chi connectivity index (χ1n) is 7.69. The first-order chi connectivity index (χ1) is 12.0. The Hall–Kier alpha value is -2.14. The molecule has 0 bridgehead atoms. The number of carboxylic acid groups (broad SMARTS) is 1. The molecule has 144 valence electrons. The molecule has 0 saturated carbocycles. The molecular weight excluding hydrogens is 377 g/mol. The second-order valence-corrected chi connectivity index (χ2v) is 7.67. The molecule has 0 unspecified atom stereocenters. The van der Waals surface area contributed by atoms with Crippen molar-refractivity contribution >= 4 is 21.9 Å². The maximum atomic E-state index is 12.5. The first-order valence-corrected chi connectivity index (χ1v) is 9.13. The van der Waals surface area contributed by atoms with Gasteiger partial charge in [0.1, 0.15) is 0 Å². The van der Waals surface area contributed by atoms with Gasteiger partial charge in [-0.3, -0.25) is 4.79 Å². The van der Waals surface area contributed by atoms with Crippen molar-refractivity contribution in [2.45, 2.75) is 23.9 Å². The molecule has 7 nitrogen and oxygen atoms in total. The average Bonchev–Trinajstić information content (AvgIpc) is 2.59. The summed E-state index contributed by atoms with van der Waals surface area (Å²) >= 11 is 0. The minimum atomic E-state index is -4.41. The number of aromatic carboxylic acids is 1. The summed E-state index contributed by atoms with van der Waals surface area (Å²) in [5, 5.41) is 8.83. The molecule has 1 heterocycles. The fourth-order valence-corrected chi connectivity index (χ4v) is 3.93. The van der Waals surface area contributed by atoms with Gasteiger partial charge in [-0.15, -0.1) is 0 Å². The van der Waals surface area contributed by atoms with Crippen molar-refractivity contribution in [3.05, 3.63) is 29.8 Å². The number of amides is 1. The van der Waals surface area contributed by atoms with E-state index >= 15 is 0 Å². The summed E-state index contributed by atoms with van der Waals surface area (Å²) < 4.78 is 62.7. The number of sulfonamides is 1. The van der Waals surface area contributed by atoms with Gasteiger partial charge in [-0.1, -0.05) is 0 Å². The number of carbonyl (C=O) groups is 2. The summed E-state index contributed by atoms with van der Waals surface area (Å²) in [4.78, 5) is 23.7. The van der Waals surface area contributed by atoms with Crippen LogP contribution < -0.4 is 0 Å². The van der Waals surface area contributed by atoms with Crippen molar-refractivity contribution < 1.29 is 36.3 Å². The summed E-state index contributed by atoms with van der Waals surface area (Å²) in [6, 6.07) is 4.71. The van der Waals surface area contributed by atoms with Gasteiger partial charge in [-0.05, 0) is 24.3 Å². The van der Waals surface area contributed by atoms with Gasteiger partial charge in [-0.2, -0.15) is 17.5 Å². The van der Waals surface area contributed by atoms with Crippen molar-refractivity contribution in [2.75, 3.05) is 26.2 Å². The Morgan fingerprint density at radius 1 is 1.04 bits per heavy atom. The molecule has 1 fully saturated rings. The van der Waals surface area contributed by atoms with Gasteiger partial charge < -0.3 is 10.0 Å². The lowest BCUT2D eigenvalue weighted by atomic mass is 10.2. The molecule has 1 aliphatic heterocycles. The van der Waals surface area contributed by atoms with Gasteiger partial charge >= 0.3 is 12.1 Å². The van der Waals surface area contributed by atoms with E-state index in [9.17, 15) is 31.2 Å². The number of piperazine rings is 1. The zero-order chi connectivity index (χ0) is 19.5. The third-order valence-corrected chi connectivity index (χ3v) is 5.87. The van der Waals surface area contributed by atoms with E-state index in [2.05, 4.69) is 0 Å². The van der Waals surface area contributed by atoms with Crippen LogP contribution in [-0.2, 0) is 14.8 Å². The lowest BCUT2D eigenvalue weighted by Gasteiger charge is -2.34. The maximum absolute atomic E-state index is 12.5. The molecule has 1 amide bonds. The summed E-state index contributed by atoms with van der Waals surface area (Å²) in [5.74, 6) is -1.84. The van der Waals surface area contributed by atoms with E-state index in [0.717, 1.165) is 4.31 Å². The molecule has 1 saturated heterocycles. The van der Waals surface area contributed by atoms with Gasteiger partial charge in [0.05, 0.1) is 16.9 Å². The van der Waals surface area contributed by atoms with E-state index in [1.807, 2.05) is 0 Å². The van der Waals surface area contributed by atoms with Crippen molar-refractivity contribution in [3.8, 4) is 0 Å². The van der Waals surface area contributed by atoms with Crippen molar-refractivity contribution in [1.29, 1.82) is 0 Å². The molecule has 0 atom stereocenters. The lowest BCUT2D eigenvalue weighted by molar-refractivity contribution is -0.149. The Morgan fingerprint density at radius 2 is 1.58 bits per heavy atom. The number of carbonyl (C=O) groups excluding carboxylic acids is 1. The number of benzene rings is 1. The molecule has 0 radical (unpaired) electrons. The minimum Gasteiger partial charge on any atom is -0.478 e. The number of hydrogen-bond donors (Lipinski definition) is 1. The molecule has 1 N–H and O–H groups in total. The summed E-state index contributed by atoms with van der Waals surface area (Å²) in [5.41, 5.74) is -0.0518. The van der Waals surface area contributed by atoms with Crippen LogP contribution in [0.1, 0.15) is 23.2 Å². The number of nitrogens with zero attached hydrogens (tertiary/aromatic N) is 2. The highest BCUT2D eigenvalue weighted by Crippen LogP contribution is 2.23. The highest BCUT2D eigenvalue weighted by molar-refractivity contribution is 7.89. The van der Waals surface area contributed by atoms with Crippen LogP contribution in [0.15, 0.2) is 29.2 Å². The molecular formula is C15H17F3N2O5S. The van der Waals surface area contributed by atoms with E-state index in [4.69, 9.17) is 5.11 Å². The molecule has 1 aromatic carbocycles. The number of hydrogen-bond acceptors (Lipinski definition) is 4. The minimum absolute atomic E-state index is 0.00311. The quantitative estimate of drug-likeness (QED) is 0.818. The van der Waals surface area contributed by atoms with E-state index in [0.29, 0.717) is 0 Å². The molecule has 26 heavy (non-hydrogen) atoms. The number of alkyl halides is 3. The Kier molecular flexibility index (Phi) is 5.91. The van der Waals surface area contributed by atoms with E-state index in [-0.39, 0.29) is 36.6 Å².